The summed E-state index contributed by atoms with van der Waals surface area (Å²) in [5.74, 6) is -2.85. The molecule has 0 spiro atoms. The highest BCUT2D eigenvalue weighted by molar-refractivity contribution is 6.23. The third kappa shape index (κ3) is 4.71. The molecule has 4 aliphatic rings. The minimum absolute atomic E-state index is 0.195. The van der Waals surface area contributed by atoms with E-state index in [9.17, 15) is 27.6 Å². The number of nitrogens with zero attached hydrogens (tertiary/aromatic N) is 5. The number of benzene rings is 1. The Labute approximate surface area is 230 Å². The maximum atomic E-state index is 13.7. The number of nitriles is 1. The van der Waals surface area contributed by atoms with Crippen molar-refractivity contribution < 1.29 is 37.0 Å². The van der Waals surface area contributed by atoms with Gasteiger partial charge in [-0.05, 0) is 39.0 Å². The predicted octanol–water partition coefficient (Wildman–Crippen LogP) is 2.32. The van der Waals surface area contributed by atoms with E-state index in [1.165, 1.54) is 12.1 Å². The first-order chi connectivity index (χ1) is 18.8. The van der Waals surface area contributed by atoms with Crippen LogP contribution in [0.4, 0.5) is 23.7 Å². The fourth-order valence-corrected chi connectivity index (χ4v) is 6.83. The zero-order valence-electron chi connectivity index (χ0n) is 22.7. The Kier molecular flexibility index (Phi) is 7.09. The van der Waals surface area contributed by atoms with Crippen LogP contribution in [0.15, 0.2) is 18.2 Å². The Hall–Kier alpha value is -3.21. The molecule has 216 valence electrons. The summed E-state index contributed by atoms with van der Waals surface area (Å²) in [6.45, 7) is 10.4. The van der Waals surface area contributed by atoms with Gasteiger partial charge in [0.05, 0.1) is 52.5 Å². The lowest BCUT2D eigenvalue weighted by atomic mass is 9.79. The molecule has 10 nitrogen and oxygen atoms in total. The number of morpholine rings is 1. The number of alkyl halides is 3. The van der Waals surface area contributed by atoms with Gasteiger partial charge < -0.3 is 14.4 Å². The molecule has 4 fully saturated rings. The molecular formula is C27H32F3N5O5. The first-order valence-corrected chi connectivity index (χ1v) is 13.4. The van der Waals surface area contributed by atoms with E-state index in [2.05, 4.69) is 9.80 Å². The standard InChI is InChI=1S/C27H32F3N5O5/c1-4-39-24(38)34-11-9-32(10-12-34)7-8-33-15-25(2)20-21(26(3,16-33)40-25)23(37)35(22(20)36)18-6-5-17(14-31)19(13-18)27(28,29)30/h5-6,13,20-21H,4,7-12,15-16H2,1-3H3/t20-,21+,25?,26?. The third-order valence-corrected chi connectivity index (χ3v) is 8.48. The largest absolute Gasteiger partial charge is 0.450 e. The van der Waals surface area contributed by atoms with Gasteiger partial charge in [0, 0.05) is 52.4 Å². The topological polar surface area (TPSA) is 106 Å². The molecule has 0 N–H and O–H groups in total. The zero-order valence-corrected chi connectivity index (χ0v) is 22.7. The number of hydrogen-bond donors (Lipinski definition) is 0. The molecule has 0 aliphatic carbocycles. The predicted molar refractivity (Wildman–Crippen MR) is 135 cm³/mol. The van der Waals surface area contributed by atoms with Crippen molar-refractivity contribution in [2.45, 2.75) is 38.1 Å². The van der Waals surface area contributed by atoms with Gasteiger partial charge in [-0.3, -0.25) is 19.4 Å². The van der Waals surface area contributed by atoms with Crippen molar-refractivity contribution in [1.29, 1.82) is 5.26 Å². The van der Waals surface area contributed by atoms with Gasteiger partial charge in [-0.25, -0.2) is 9.69 Å². The average molecular weight is 564 g/mol. The molecule has 0 saturated carbocycles. The fourth-order valence-electron chi connectivity index (χ4n) is 6.83. The number of hydrogen-bond acceptors (Lipinski definition) is 8. The van der Waals surface area contributed by atoms with Crippen molar-refractivity contribution in [2.75, 3.05) is 63.9 Å². The summed E-state index contributed by atoms with van der Waals surface area (Å²) in [5.41, 5.74) is -3.96. The van der Waals surface area contributed by atoms with E-state index in [-0.39, 0.29) is 11.8 Å². The molecule has 0 aromatic heterocycles. The van der Waals surface area contributed by atoms with E-state index >= 15 is 0 Å². The smallest absolute Gasteiger partial charge is 0.417 e. The van der Waals surface area contributed by atoms with Crippen molar-refractivity contribution in [3.8, 4) is 6.07 Å². The highest BCUT2D eigenvalue weighted by Crippen LogP contribution is 2.55. The number of imide groups is 1. The number of amides is 3. The number of carbonyl (C=O) groups is 3. The number of anilines is 1. The summed E-state index contributed by atoms with van der Waals surface area (Å²) >= 11 is 0. The lowest BCUT2D eigenvalue weighted by Gasteiger charge is -2.45. The number of piperazine rings is 1. The van der Waals surface area contributed by atoms with E-state index in [4.69, 9.17) is 14.7 Å². The summed E-state index contributed by atoms with van der Waals surface area (Å²) in [6.07, 6.45) is -5.12. The molecule has 1 aromatic rings. The van der Waals surface area contributed by atoms with Crippen LogP contribution in [-0.4, -0.2) is 103 Å². The van der Waals surface area contributed by atoms with Crippen LogP contribution < -0.4 is 4.90 Å². The number of ether oxygens (including phenoxy) is 2. The van der Waals surface area contributed by atoms with Crippen molar-refractivity contribution in [3.05, 3.63) is 29.3 Å². The van der Waals surface area contributed by atoms with E-state index in [0.717, 1.165) is 17.5 Å². The Balaban J connectivity index is 1.29. The molecule has 1 aromatic carbocycles. The van der Waals surface area contributed by atoms with Crippen LogP contribution in [0.5, 0.6) is 0 Å². The SMILES string of the molecule is CCOC(=O)N1CCN(CCN2CC3(C)OC(C)(C2)[C@H]2C(=O)N(c4ccc(C#N)c(C(F)(F)F)c4)C(=O)[C@H]23)CC1. The molecule has 4 atom stereocenters. The number of likely N-dealkylation sites (tertiary alicyclic amines) is 1. The highest BCUT2D eigenvalue weighted by Gasteiger charge is 2.71. The van der Waals surface area contributed by atoms with Crippen molar-refractivity contribution in [3.63, 3.8) is 0 Å². The molecule has 2 bridgehead atoms. The summed E-state index contributed by atoms with van der Waals surface area (Å²) in [6, 6.07) is 4.41. The lowest BCUT2D eigenvalue weighted by molar-refractivity contribution is -0.169. The van der Waals surface area contributed by atoms with Crippen molar-refractivity contribution in [1.82, 2.24) is 14.7 Å². The van der Waals surface area contributed by atoms with E-state index in [1.807, 2.05) is 0 Å². The van der Waals surface area contributed by atoms with Gasteiger partial charge in [0.15, 0.2) is 0 Å². The Morgan fingerprint density at radius 1 is 1.05 bits per heavy atom. The molecule has 13 heteroatoms. The normalized spacial score (nSPS) is 30.9. The summed E-state index contributed by atoms with van der Waals surface area (Å²) in [5, 5.41) is 9.11. The summed E-state index contributed by atoms with van der Waals surface area (Å²) in [7, 11) is 0. The number of rotatable bonds is 5. The van der Waals surface area contributed by atoms with Crippen LogP contribution in [0, 0.1) is 23.2 Å². The minimum Gasteiger partial charge on any atom is -0.450 e. The molecule has 4 heterocycles. The first kappa shape index (κ1) is 28.3. The molecule has 3 amide bonds. The van der Waals surface area contributed by atoms with Gasteiger partial charge in [0.25, 0.3) is 0 Å². The fraction of sp³-hybridized carbons (Fsp3) is 0.630. The molecule has 4 aliphatic heterocycles. The first-order valence-electron chi connectivity index (χ1n) is 13.4. The maximum absolute atomic E-state index is 13.7. The van der Waals surface area contributed by atoms with E-state index in [1.54, 1.807) is 25.7 Å². The Morgan fingerprint density at radius 3 is 2.15 bits per heavy atom. The van der Waals surface area contributed by atoms with Gasteiger partial charge >= 0.3 is 12.3 Å². The molecule has 40 heavy (non-hydrogen) atoms. The number of carbonyl (C=O) groups excluding carboxylic acids is 3. The molecule has 5 rings (SSSR count). The van der Waals surface area contributed by atoms with Crippen LogP contribution in [0.3, 0.4) is 0 Å². The summed E-state index contributed by atoms with van der Waals surface area (Å²) < 4.78 is 52.2. The van der Waals surface area contributed by atoms with Crippen LogP contribution in [0.1, 0.15) is 31.9 Å². The van der Waals surface area contributed by atoms with Crippen molar-refractivity contribution in [2.24, 2.45) is 11.8 Å². The Bertz CT molecular complexity index is 1220. The van der Waals surface area contributed by atoms with Crippen LogP contribution in [0.2, 0.25) is 0 Å². The number of halogens is 3. The van der Waals surface area contributed by atoms with Gasteiger partial charge in [-0.1, -0.05) is 0 Å². The van der Waals surface area contributed by atoms with Gasteiger partial charge in [-0.2, -0.15) is 18.4 Å². The van der Waals surface area contributed by atoms with Crippen LogP contribution in [-0.2, 0) is 25.2 Å². The average Bonchev–Trinajstić information content (AvgIpc) is 3.27. The zero-order chi connectivity index (χ0) is 29.0. The second kappa shape index (κ2) is 10.0. The molecular weight excluding hydrogens is 531 g/mol. The minimum atomic E-state index is -4.81. The monoisotopic (exact) mass is 563 g/mol. The molecule has 0 radical (unpaired) electrons. The molecule has 2 unspecified atom stereocenters. The lowest BCUT2D eigenvalue weighted by Crippen LogP contribution is -2.59. The van der Waals surface area contributed by atoms with Crippen molar-refractivity contribution >= 4 is 23.6 Å². The molecule has 4 saturated heterocycles. The second-order valence-corrected chi connectivity index (χ2v) is 11.3. The van der Waals surface area contributed by atoms with Crippen LogP contribution in [0.25, 0.3) is 0 Å². The van der Waals surface area contributed by atoms with Gasteiger partial charge in [-0.15, -0.1) is 0 Å². The van der Waals surface area contributed by atoms with E-state index in [0.29, 0.717) is 58.5 Å². The quantitative estimate of drug-likeness (QED) is 0.503. The highest BCUT2D eigenvalue weighted by atomic mass is 19.4. The Morgan fingerprint density at radius 2 is 1.62 bits per heavy atom. The third-order valence-electron chi connectivity index (χ3n) is 8.48. The number of fused-ring (bicyclic) bond motifs is 5. The van der Waals surface area contributed by atoms with Gasteiger partial charge in [0.1, 0.15) is 0 Å². The van der Waals surface area contributed by atoms with E-state index < -0.39 is 52.2 Å². The summed E-state index contributed by atoms with van der Waals surface area (Å²) in [4.78, 5) is 46.2. The maximum Gasteiger partial charge on any atom is 0.417 e. The second-order valence-electron chi connectivity index (χ2n) is 11.3. The van der Waals surface area contributed by atoms with Crippen LogP contribution >= 0.6 is 0 Å². The van der Waals surface area contributed by atoms with Gasteiger partial charge in [0.2, 0.25) is 11.8 Å².